The van der Waals surface area contributed by atoms with Crippen molar-refractivity contribution in [1.82, 2.24) is 4.73 Å². The van der Waals surface area contributed by atoms with Gasteiger partial charge in [0.1, 0.15) is 0 Å². The molecule has 0 aliphatic heterocycles. The third-order valence-electron chi connectivity index (χ3n) is 1.90. The van der Waals surface area contributed by atoms with Gasteiger partial charge in [-0.05, 0) is 12.1 Å². The molecule has 1 heterocycles. The van der Waals surface area contributed by atoms with Gasteiger partial charge in [-0.1, -0.05) is 18.2 Å². The highest BCUT2D eigenvalue weighted by Gasteiger charge is 2.05. The van der Waals surface area contributed by atoms with Gasteiger partial charge in [-0.15, -0.1) is 0 Å². The lowest BCUT2D eigenvalue weighted by atomic mass is 10.3. The molecule has 4 heteroatoms. The standard InChI is InChI=1S/C10H9NO3/c1-13-10(12)14-11-7-6-8-4-2-3-5-9(8)11/h2-7H,1H3. The van der Waals surface area contributed by atoms with Gasteiger partial charge in [-0.3, -0.25) is 0 Å². The topological polar surface area (TPSA) is 40.5 Å². The zero-order chi connectivity index (χ0) is 9.97. The Morgan fingerprint density at radius 2 is 2.07 bits per heavy atom. The number of carbonyl (C=O) groups is 1. The maximum absolute atomic E-state index is 10.9. The quantitative estimate of drug-likeness (QED) is 0.646. The number of benzene rings is 1. The summed E-state index contributed by atoms with van der Waals surface area (Å²) in [5.41, 5.74) is 0.831. The molecule has 2 aromatic rings. The predicted molar refractivity (Wildman–Crippen MR) is 50.9 cm³/mol. The molecule has 14 heavy (non-hydrogen) atoms. The van der Waals surface area contributed by atoms with Gasteiger partial charge in [0.2, 0.25) is 0 Å². The molecule has 1 aromatic carbocycles. The molecular weight excluding hydrogens is 182 g/mol. The maximum Gasteiger partial charge on any atom is 0.533 e. The fourth-order valence-corrected chi connectivity index (χ4v) is 1.25. The number of carbonyl (C=O) groups excluding carboxylic acids is 1. The molecule has 0 saturated carbocycles. The van der Waals surface area contributed by atoms with E-state index in [0.29, 0.717) is 0 Å². The Bertz CT molecular complexity index is 461. The van der Waals surface area contributed by atoms with Crippen LogP contribution in [0.15, 0.2) is 36.5 Å². The SMILES string of the molecule is COC(=O)On1ccc2ccccc21. The summed E-state index contributed by atoms with van der Waals surface area (Å²) in [7, 11) is 1.27. The smallest absolute Gasteiger partial charge is 0.436 e. The lowest BCUT2D eigenvalue weighted by molar-refractivity contribution is 0.0682. The van der Waals surface area contributed by atoms with Crippen molar-refractivity contribution in [3.8, 4) is 0 Å². The third-order valence-corrected chi connectivity index (χ3v) is 1.90. The molecule has 1 aromatic heterocycles. The molecule has 0 saturated heterocycles. The van der Waals surface area contributed by atoms with Gasteiger partial charge in [0.15, 0.2) is 0 Å². The van der Waals surface area contributed by atoms with E-state index in [1.165, 1.54) is 11.8 Å². The normalized spacial score (nSPS) is 10.1. The van der Waals surface area contributed by atoms with Crippen LogP contribution in [0.1, 0.15) is 0 Å². The molecule has 0 aliphatic carbocycles. The molecule has 72 valence electrons. The van der Waals surface area contributed by atoms with Crippen molar-refractivity contribution >= 4 is 17.1 Å². The first-order chi connectivity index (χ1) is 6.81. The molecule has 0 N–H and O–H groups in total. The summed E-state index contributed by atoms with van der Waals surface area (Å²) >= 11 is 0. The van der Waals surface area contributed by atoms with Crippen LogP contribution >= 0.6 is 0 Å². The van der Waals surface area contributed by atoms with Crippen LogP contribution in [0.3, 0.4) is 0 Å². The monoisotopic (exact) mass is 191 g/mol. The number of rotatable bonds is 1. The van der Waals surface area contributed by atoms with Gasteiger partial charge in [0, 0.05) is 11.6 Å². The summed E-state index contributed by atoms with van der Waals surface area (Å²) in [4.78, 5) is 15.7. The minimum absolute atomic E-state index is 0.730. The highest BCUT2D eigenvalue weighted by Crippen LogP contribution is 2.13. The van der Waals surface area contributed by atoms with Crippen molar-refractivity contribution < 1.29 is 14.4 Å². The molecule has 0 bridgehead atoms. The maximum atomic E-state index is 10.9. The molecule has 0 aliphatic rings. The molecule has 0 amide bonds. The zero-order valence-electron chi connectivity index (χ0n) is 7.64. The largest absolute Gasteiger partial charge is 0.533 e. The average molecular weight is 191 g/mol. The number of aromatic nitrogens is 1. The zero-order valence-corrected chi connectivity index (χ0v) is 7.64. The Labute approximate surface area is 80.6 Å². The number of ether oxygens (including phenoxy) is 1. The van der Waals surface area contributed by atoms with Crippen LogP contribution in [0.2, 0.25) is 0 Å². The predicted octanol–water partition coefficient (Wildman–Crippen LogP) is 1.84. The highest BCUT2D eigenvalue weighted by molar-refractivity contribution is 5.80. The van der Waals surface area contributed by atoms with E-state index < -0.39 is 6.16 Å². The van der Waals surface area contributed by atoms with E-state index in [9.17, 15) is 4.79 Å². The van der Waals surface area contributed by atoms with Crippen LogP contribution in [-0.2, 0) is 4.74 Å². The van der Waals surface area contributed by atoms with Gasteiger partial charge < -0.3 is 9.57 Å². The molecule has 0 atom stereocenters. The summed E-state index contributed by atoms with van der Waals surface area (Å²) in [6.45, 7) is 0. The Hall–Kier alpha value is -1.97. The fourth-order valence-electron chi connectivity index (χ4n) is 1.25. The van der Waals surface area contributed by atoms with E-state index in [2.05, 4.69) is 4.74 Å². The number of hydrogen-bond donors (Lipinski definition) is 0. The van der Waals surface area contributed by atoms with Crippen LogP contribution in [0, 0.1) is 0 Å². The van der Waals surface area contributed by atoms with Crippen LogP contribution in [0.4, 0.5) is 4.79 Å². The molecule has 0 unspecified atom stereocenters. The second kappa shape index (κ2) is 3.41. The second-order valence-corrected chi connectivity index (χ2v) is 2.75. The van der Waals surface area contributed by atoms with Crippen LogP contribution in [0.5, 0.6) is 0 Å². The highest BCUT2D eigenvalue weighted by atomic mass is 16.8. The summed E-state index contributed by atoms with van der Waals surface area (Å²) < 4.78 is 5.77. The van der Waals surface area contributed by atoms with Crippen molar-refractivity contribution in [3.63, 3.8) is 0 Å². The van der Waals surface area contributed by atoms with E-state index in [1.54, 1.807) is 6.20 Å². The third kappa shape index (κ3) is 1.42. The summed E-state index contributed by atoms with van der Waals surface area (Å²) in [6, 6.07) is 9.45. The van der Waals surface area contributed by atoms with E-state index in [1.807, 2.05) is 30.3 Å². The van der Waals surface area contributed by atoms with E-state index >= 15 is 0 Å². The van der Waals surface area contributed by atoms with Gasteiger partial charge in [0.25, 0.3) is 0 Å². The Balaban J connectivity index is 2.38. The van der Waals surface area contributed by atoms with Crippen LogP contribution in [0.25, 0.3) is 10.9 Å². The number of hydrogen-bond acceptors (Lipinski definition) is 3. The molecule has 0 spiro atoms. The van der Waals surface area contributed by atoms with E-state index in [-0.39, 0.29) is 0 Å². The number of fused-ring (bicyclic) bond motifs is 1. The van der Waals surface area contributed by atoms with Crippen molar-refractivity contribution in [3.05, 3.63) is 36.5 Å². The summed E-state index contributed by atoms with van der Waals surface area (Å²) in [5, 5.41) is 1.01. The molecule has 2 rings (SSSR count). The first kappa shape index (κ1) is 8.62. The Morgan fingerprint density at radius 1 is 1.29 bits per heavy atom. The van der Waals surface area contributed by atoms with E-state index in [0.717, 1.165) is 10.9 Å². The fraction of sp³-hybridized carbons (Fsp3) is 0.100. The number of nitrogens with zero attached hydrogens (tertiary/aromatic N) is 1. The first-order valence-corrected chi connectivity index (χ1v) is 4.13. The summed E-state index contributed by atoms with van der Waals surface area (Å²) in [5.74, 6) is 0. The molecular formula is C10H9NO3. The van der Waals surface area contributed by atoms with Crippen LogP contribution < -0.4 is 4.84 Å². The van der Waals surface area contributed by atoms with Gasteiger partial charge in [-0.2, -0.15) is 4.73 Å². The number of methoxy groups -OCH3 is 1. The van der Waals surface area contributed by atoms with Crippen molar-refractivity contribution in [2.75, 3.05) is 7.11 Å². The molecule has 0 fully saturated rings. The van der Waals surface area contributed by atoms with Crippen molar-refractivity contribution in [2.24, 2.45) is 0 Å². The Morgan fingerprint density at radius 3 is 2.86 bits per heavy atom. The minimum atomic E-state index is -0.730. The number of para-hydroxylation sites is 1. The molecule has 4 nitrogen and oxygen atoms in total. The summed E-state index contributed by atoms with van der Waals surface area (Å²) in [6.07, 6.45) is 0.938. The second-order valence-electron chi connectivity index (χ2n) is 2.75. The minimum Gasteiger partial charge on any atom is -0.436 e. The van der Waals surface area contributed by atoms with Crippen molar-refractivity contribution in [1.29, 1.82) is 0 Å². The first-order valence-electron chi connectivity index (χ1n) is 4.13. The average Bonchev–Trinajstić information content (AvgIpc) is 2.62. The van der Waals surface area contributed by atoms with Crippen LogP contribution in [-0.4, -0.2) is 18.0 Å². The molecule has 0 radical (unpaired) electrons. The van der Waals surface area contributed by atoms with Gasteiger partial charge >= 0.3 is 6.16 Å². The van der Waals surface area contributed by atoms with Gasteiger partial charge in [0.05, 0.1) is 12.6 Å². The van der Waals surface area contributed by atoms with E-state index in [4.69, 9.17) is 4.84 Å². The lowest BCUT2D eigenvalue weighted by Gasteiger charge is -2.03. The van der Waals surface area contributed by atoms with Crippen molar-refractivity contribution in [2.45, 2.75) is 0 Å². The van der Waals surface area contributed by atoms with Gasteiger partial charge in [-0.25, -0.2) is 4.79 Å². The Kier molecular flexibility index (Phi) is 2.10. The lowest BCUT2D eigenvalue weighted by Crippen LogP contribution is -2.18.